The average Bonchev–Trinajstić information content (AvgIpc) is 2.62. The molecule has 0 aliphatic heterocycles. The second-order valence-electron chi connectivity index (χ2n) is 5.09. The number of halogens is 1. The minimum absolute atomic E-state index is 0.0403. The van der Waals surface area contributed by atoms with E-state index in [9.17, 15) is 9.59 Å². The molecule has 0 aliphatic carbocycles. The molecule has 2 N–H and O–H groups in total. The van der Waals surface area contributed by atoms with Crippen LogP contribution in [-0.4, -0.2) is 25.1 Å². The van der Waals surface area contributed by atoms with Gasteiger partial charge in [0.05, 0.1) is 19.0 Å². The van der Waals surface area contributed by atoms with Crippen molar-refractivity contribution in [2.75, 3.05) is 12.4 Å². The van der Waals surface area contributed by atoms with Crippen LogP contribution in [0.3, 0.4) is 0 Å². The van der Waals surface area contributed by atoms with Gasteiger partial charge in [0.1, 0.15) is 5.75 Å². The number of carbonyl (C=O) groups is 2. The number of hydrazone groups is 1. The van der Waals surface area contributed by atoms with Gasteiger partial charge in [-0.05, 0) is 29.8 Å². The molecule has 0 unspecified atom stereocenters. The van der Waals surface area contributed by atoms with Gasteiger partial charge in [-0.1, -0.05) is 40.2 Å². The van der Waals surface area contributed by atoms with Crippen molar-refractivity contribution in [3.63, 3.8) is 0 Å². The molecule has 2 aromatic carbocycles. The van der Waals surface area contributed by atoms with Crippen molar-refractivity contribution in [3.05, 3.63) is 58.6 Å². The van der Waals surface area contributed by atoms with Gasteiger partial charge >= 0.3 is 0 Å². The van der Waals surface area contributed by atoms with Crippen LogP contribution in [0.25, 0.3) is 0 Å². The number of para-hydroxylation sites is 2. The van der Waals surface area contributed by atoms with E-state index in [-0.39, 0.29) is 24.7 Å². The largest absolute Gasteiger partial charge is 0.495 e. The first-order chi connectivity index (χ1) is 12.1. The number of methoxy groups -OCH3 is 1. The van der Waals surface area contributed by atoms with E-state index in [1.165, 1.54) is 7.11 Å². The highest BCUT2D eigenvalue weighted by Crippen LogP contribution is 2.23. The van der Waals surface area contributed by atoms with Gasteiger partial charge in [-0.3, -0.25) is 9.59 Å². The first kappa shape index (κ1) is 18.7. The molecule has 0 bridgehead atoms. The van der Waals surface area contributed by atoms with E-state index in [4.69, 9.17) is 4.74 Å². The number of anilines is 1. The maximum Gasteiger partial charge on any atom is 0.240 e. The third-order valence-corrected chi connectivity index (χ3v) is 3.76. The van der Waals surface area contributed by atoms with E-state index in [2.05, 4.69) is 31.8 Å². The topological polar surface area (TPSA) is 79.8 Å². The van der Waals surface area contributed by atoms with Crippen LogP contribution >= 0.6 is 15.9 Å². The predicted molar refractivity (Wildman–Crippen MR) is 101 cm³/mol. The van der Waals surface area contributed by atoms with E-state index in [0.29, 0.717) is 11.4 Å². The fourth-order valence-corrected chi connectivity index (χ4v) is 2.24. The van der Waals surface area contributed by atoms with Crippen molar-refractivity contribution in [2.45, 2.75) is 12.8 Å². The molecule has 0 fully saturated rings. The van der Waals surface area contributed by atoms with Crippen molar-refractivity contribution in [1.29, 1.82) is 0 Å². The zero-order valence-corrected chi connectivity index (χ0v) is 15.2. The second-order valence-corrected chi connectivity index (χ2v) is 6.01. The summed E-state index contributed by atoms with van der Waals surface area (Å²) in [5, 5.41) is 6.59. The average molecular weight is 404 g/mol. The van der Waals surface area contributed by atoms with E-state index in [0.717, 1.165) is 10.0 Å². The minimum atomic E-state index is -0.330. The van der Waals surface area contributed by atoms with Crippen LogP contribution in [0.1, 0.15) is 18.4 Å². The van der Waals surface area contributed by atoms with Gasteiger partial charge in [0, 0.05) is 17.3 Å². The van der Waals surface area contributed by atoms with Gasteiger partial charge < -0.3 is 10.1 Å². The molecule has 0 saturated heterocycles. The first-order valence-corrected chi connectivity index (χ1v) is 8.38. The van der Waals surface area contributed by atoms with Crippen LogP contribution < -0.4 is 15.5 Å². The van der Waals surface area contributed by atoms with Gasteiger partial charge in [-0.15, -0.1) is 0 Å². The SMILES string of the molecule is COc1ccccc1NC(=O)CCC(=O)NN=Cc1ccc(Br)cc1. The van der Waals surface area contributed by atoms with Crippen molar-refractivity contribution in [3.8, 4) is 5.75 Å². The summed E-state index contributed by atoms with van der Waals surface area (Å²) in [5.41, 5.74) is 3.83. The van der Waals surface area contributed by atoms with Gasteiger partial charge in [-0.2, -0.15) is 5.10 Å². The van der Waals surface area contributed by atoms with Gasteiger partial charge in [0.15, 0.2) is 0 Å². The number of carbonyl (C=O) groups excluding carboxylic acids is 2. The number of ether oxygens (including phenoxy) is 1. The quantitative estimate of drug-likeness (QED) is 0.549. The molecule has 0 radical (unpaired) electrons. The number of hydrogen-bond acceptors (Lipinski definition) is 4. The zero-order valence-electron chi connectivity index (χ0n) is 13.7. The lowest BCUT2D eigenvalue weighted by atomic mass is 10.2. The Labute approximate surface area is 154 Å². The number of amides is 2. The lowest BCUT2D eigenvalue weighted by Gasteiger charge is -2.09. The molecule has 2 amide bonds. The molecule has 2 aromatic rings. The van der Waals surface area contributed by atoms with Gasteiger partial charge in [-0.25, -0.2) is 5.43 Å². The van der Waals surface area contributed by atoms with E-state index >= 15 is 0 Å². The molecular formula is C18H18BrN3O3. The summed E-state index contributed by atoms with van der Waals surface area (Å²) in [5.74, 6) is -0.0283. The molecule has 0 atom stereocenters. The molecule has 6 nitrogen and oxygen atoms in total. The summed E-state index contributed by atoms with van der Waals surface area (Å²) in [7, 11) is 1.53. The van der Waals surface area contributed by atoms with Crippen LogP contribution in [0.5, 0.6) is 5.75 Å². The summed E-state index contributed by atoms with van der Waals surface area (Å²) >= 11 is 3.34. The zero-order chi connectivity index (χ0) is 18.1. The van der Waals surface area contributed by atoms with Gasteiger partial charge in [0.2, 0.25) is 11.8 Å². The van der Waals surface area contributed by atoms with Crippen LogP contribution in [0.4, 0.5) is 5.69 Å². The van der Waals surface area contributed by atoms with Gasteiger partial charge in [0.25, 0.3) is 0 Å². The van der Waals surface area contributed by atoms with Crippen LogP contribution in [0.2, 0.25) is 0 Å². The summed E-state index contributed by atoms with van der Waals surface area (Å²) in [6, 6.07) is 14.6. The molecule has 0 spiro atoms. The molecule has 2 rings (SSSR count). The van der Waals surface area contributed by atoms with Crippen LogP contribution in [-0.2, 0) is 9.59 Å². The molecule has 0 aliphatic rings. The number of hydrogen-bond donors (Lipinski definition) is 2. The molecular weight excluding hydrogens is 386 g/mol. The monoisotopic (exact) mass is 403 g/mol. The Morgan fingerprint density at radius 2 is 1.76 bits per heavy atom. The summed E-state index contributed by atoms with van der Waals surface area (Å²) < 4.78 is 6.13. The molecule has 0 saturated carbocycles. The Hall–Kier alpha value is -2.67. The highest BCUT2D eigenvalue weighted by Gasteiger charge is 2.09. The Bertz CT molecular complexity index is 760. The summed E-state index contributed by atoms with van der Waals surface area (Å²) in [6.45, 7) is 0. The summed E-state index contributed by atoms with van der Waals surface area (Å²) in [4.78, 5) is 23.7. The first-order valence-electron chi connectivity index (χ1n) is 7.59. The molecule has 130 valence electrons. The van der Waals surface area contributed by atoms with E-state index < -0.39 is 0 Å². The van der Waals surface area contributed by atoms with Crippen molar-refractivity contribution in [2.24, 2.45) is 5.10 Å². The lowest BCUT2D eigenvalue weighted by molar-refractivity contribution is -0.124. The highest BCUT2D eigenvalue weighted by atomic mass is 79.9. The second kappa shape index (κ2) is 9.58. The fraction of sp³-hybridized carbons (Fsp3) is 0.167. The smallest absolute Gasteiger partial charge is 0.240 e. The number of benzene rings is 2. The Balaban J connectivity index is 1.75. The normalized spacial score (nSPS) is 10.5. The maximum atomic E-state index is 11.9. The third-order valence-electron chi connectivity index (χ3n) is 3.23. The fourth-order valence-electron chi connectivity index (χ4n) is 1.97. The molecule has 25 heavy (non-hydrogen) atoms. The Morgan fingerprint density at radius 3 is 2.48 bits per heavy atom. The molecule has 7 heteroatoms. The van der Waals surface area contributed by atoms with E-state index in [1.807, 2.05) is 30.3 Å². The number of rotatable bonds is 7. The van der Waals surface area contributed by atoms with Crippen molar-refractivity contribution >= 4 is 39.6 Å². The Morgan fingerprint density at radius 1 is 1.08 bits per heavy atom. The maximum absolute atomic E-state index is 11.9. The molecule has 0 aromatic heterocycles. The minimum Gasteiger partial charge on any atom is -0.495 e. The van der Waals surface area contributed by atoms with Crippen LogP contribution in [0, 0.1) is 0 Å². The highest BCUT2D eigenvalue weighted by molar-refractivity contribution is 9.10. The third kappa shape index (κ3) is 6.39. The van der Waals surface area contributed by atoms with E-state index in [1.54, 1.807) is 24.4 Å². The predicted octanol–water partition coefficient (Wildman–Crippen LogP) is 3.33. The summed E-state index contributed by atoms with van der Waals surface area (Å²) in [6.07, 6.45) is 1.63. The lowest BCUT2D eigenvalue weighted by Crippen LogP contribution is -2.20. The van der Waals surface area contributed by atoms with Crippen molar-refractivity contribution < 1.29 is 14.3 Å². The number of nitrogens with one attached hydrogen (secondary N) is 2. The number of nitrogens with zero attached hydrogens (tertiary/aromatic N) is 1. The van der Waals surface area contributed by atoms with Crippen LogP contribution in [0.15, 0.2) is 58.1 Å². The standard InChI is InChI=1S/C18H18BrN3O3/c1-25-16-5-3-2-4-15(16)21-17(23)10-11-18(24)22-20-12-13-6-8-14(19)9-7-13/h2-9,12H,10-11H2,1H3,(H,21,23)(H,22,24). The Kier molecular flexibility index (Phi) is 7.16. The molecule has 0 heterocycles. The van der Waals surface area contributed by atoms with Crippen molar-refractivity contribution in [1.82, 2.24) is 5.43 Å².